The average molecular weight is 977 g/mol. The van der Waals surface area contributed by atoms with Gasteiger partial charge in [-0.25, -0.2) is 4.57 Å². The Balaban J connectivity index is 4.18. The van der Waals surface area contributed by atoms with Gasteiger partial charge in [-0.2, -0.15) is 0 Å². The van der Waals surface area contributed by atoms with E-state index in [4.69, 9.17) is 18.5 Å². The van der Waals surface area contributed by atoms with Crippen LogP contribution in [0.3, 0.4) is 0 Å². The van der Waals surface area contributed by atoms with Crippen molar-refractivity contribution in [2.75, 3.05) is 47.5 Å². The third kappa shape index (κ3) is 53.1. The molecule has 396 valence electrons. The van der Waals surface area contributed by atoms with E-state index < -0.39 is 26.5 Å². The van der Waals surface area contributed by atoms with Crippen LogP contribution >= 0.6 is 7.82 Å². The lowest BCUT2D eigenvalue weighted by atomic mass is 10.0. The maximum Gasteiger partial charge on any atom is 0.472 e. The molecule has 0 aromatic heterocycles. The topological polar surface area (TPSA) is 108 Å². The molecule has 68 heavy (non-hydrogen) atoms. The number of allylic oxidation sites excluding steroid dienone is 10. The molecule has 0 spiro atoms. The molecular formula is C58H107NO8P+. The number of ether oxygens (including phenoxy) is 2. The van der Waals surface area contributed by atoms with Crippen LogP contribution in [0.4, 0.5) is 0 Å². The number of rotatable bonds is 51. The van der Waals surface area contributed by atoms with Gasteiger partial charge in [0.05, 0.1) is 27.7 Å². The fourth-order valence-electron chi connectivity index (χ4n) is 7.71. The second kappa shape index (κ2) is 49.7. The van der Waals surface area contributed by atoms with Crippen LogP contribution in [0.1, 0.15) is 245 Å². The van der Waals surface area contributed by atoms with E-state index in [9.17, 15) is 19.0 Å². The van der Waals surface area contributed by atoms with Crippen LogP contribution in [0.25, 0.3) is 0 Å². The van der Waals surface area contributed by atoms with Gasteiger partial charge in [0, 0.05) is 12.8 Å². The summed E-state index contributed by atoms with van der Waals surface area (Å²) >= 11 is 0. The van der Waals surface area contributed by atoms with Crippen molar-refractivity contribution in [3.05, 3.63) is 60.8 Å². The highest BCUT2D eigenvalue weighted by molar-refractivity contribution is 7.47. The Labute approximate surface area is 419 Å². The van der Waals surface area contributed by atoms with Crippen molar-refractivity contribution in [1.29, 1.82) is 0 Å². The first kappa shape index (κ1) is 65.7. The zero-order valence-corrected chi connectivity index (χ0v) is 45.7. The lowest BCUT2D eigenvalue weighted by Crippen LogP contribution is -2.37. The molecule has 0 aliphatic rings. The Kier molecular flexibility index (Phi) is 48.0. The largest absolute Gasteiger partial charge is 0.472 e. The summed E-state index contributed by atoms with van der Waals surface area (Å²) in [5.41, 5.74) is 0. The molecule has 0 radical (unpaired) electrons. The van der Waals surface area contributed by atoms with Gasteiger partial charge in [0.2, 0.25) is 0 Å². The van der Waals surface area contributed by atoms with Gasteiger partial charge in [-0.05, 0) is 77.0 Å². The summed E-state index contributed by atoms with van der Waals surface area (Å²) < 4.78 is 34.5. The van der Waals surface area contributed by atoms with E-state index in [1.807, 2.05) is 21.1 Å². The summed E-state index contributed by atoms with van der Waals surface area (Å²) in [5, 5.41) is 0. The number of likely N-dealkylation sites (N-methyl/N-ethyl adjacent to an activating group) is 1. The quantitative estimate of drug-likeness (QED) is 0.0211. The van der Waals surface area contributed by atoms with Crippen molar-refractivity contribution in [2.24, 2.45) is 0 Å². The molecule has 0 heterocycles. The van der Waals surface area contributed by atoms with Crippen LogP contribution in [-0.2, 0) is 32.7 Å². The van der Waals surface area contributed by atoms with E-state index in [2.05, 4.69) is 74.6 Å². The number of hydrogen-bond acceptors (Lipinski definition) is 7. The van der Waals surface area contributed by atoms with Crippen molar-refractivity contribution in [3.8, 4) is 0 Å². The van der Waals surface area contributed by atoms with Crippen molar-refractivity contribution < 1.29 is 42.1 Å². The molecule has 0 fully saturated rings. The molecular weight excluding hydrogens is 870 g/mol. The number of esters is 2. The Morgan fingerprint density at radius 2 is 0.838 bits per heavy atom. The van der Waals surface area contributed by atoms with Gasteiger partial charge in [-0.1, -0.05) is 216 Å². The maximum atomic E-state index is 12.8. The van der Waals surface area contributed by atoms with Gasteiger partial charge in [0.1, 0.15) is 19.8 Å². The predicted molar refractivity (Wildman–Crippen MR) is 289 cm³/mol. The van der Waals surface area contributed by atoms with Crippen LogP contribution in [0.2, 0.25) is 0 Å². The molecule has 10 heteroatoms. The number of unbranched alkanes of at least 4 members (excludes halogenated alkanes) is 27. The standard InChI is InChI=1S/C58H106NO8P/c1-6-8-10-12-14-16-18-20-22-24-26-27-28-29-30-31-33-35-37-39-41-43-45-47-49-51-58(61)67-56(55-66-68(62,63)65-53-52-59(3,4)5)54-64-57(60)50-48-46-44-42-40-38-36-34-32-25-23-21-19-17-15-13-11-9-7-2/h8,10,14,16,20-23,26-27,56H,6-7,9,11-13,15,17-19,24-25,28-55H2,1-5H3/p+1/b10-8-,16-14-,22-20-,23-21-,27-26-. The lowest BCUT2D eigenvalue weighted by Gasteiger charge is -2.24. The SMILES string of the molecule is CC/C=C\C/C=C\C/C=C\C/C=C\CCCCCCCCCCCCCCC(=O)OC(COC(=O)CCCCCCCCCCC/C=C\CCCCCCCC)COP(=O)(O)OCC[N+](C)(C)C. The van der Waals surface area contributed by atoms with E-state index in [1.54, 1.807) is 0 Å². The van der Waals surface area contributed by atoms with Crippen molar-refractivity contribution in [3.63, 3.8) is 0 Å². The second-order valence-electron chi connectivity index (χ2n) is 19.9. The second-order valence-corrected chi connectivity index (χ2v) is 21.4. The van der Waals surface area contributed by atoms with E-state index in [-0.39, 0.29) is 32.0 Å². The molecule has 0 saturated heterocycles. The zero-order valence-electron chi connectivity index (χ0n) is 44.8. The van der Waals surface area contributed by atoms with Gasteiger partial charge < -0.3 is 18.9 Å². The van der Waals surface area contributed by atoms with E-state index in [0.29, 0.717) is 17.4 Å². The minimum absolute atomic E-state index is 0.0299. The lowest BCUT2D eigenvalue weighted by molar-refractivity contribution is -0.870. The van der Waals surface area contributed by atoms with Gasteiger partial charge >= 0.3 is 19.8 Å². The van der Waals surface area contributed by atoms with Gasteiger partial charge in [-0.15, -0.1) is 0 Å². The first-order chi connectivity index (χ1) is 33.0. The highest BCUT2D eigenvalue weighted by Crippen LogP contribution is 2.43. The Morgan fingerprint density at radius 3 is 1.26 bits per heavy atom. The molecule has 0 saturated carbocycles. The minimum Gasteiger partial charge on any atom is -0.462 e. The molecule has 0 aliphatic carbocycles. The summed E-state index contributed by atoms with van der Waals surface area (Å²) in [4.78, 5) is 35.7. The van der Waals surface area contributed by atoms with Gasteiger partial charge in [0.25, 0.3) is 0 Å². The number of phosphoric acid groups is 1. The van der Waals surface area contributed by atoms with E-state index in [1.165, 1.54) is 148 Å². The number of hydrogen-bond donors (Lipinski definition) is 1. The third-order valence-corrected chi connectivity index (χ3v) is 13.0. The minimum atomic E-state index is -4.39. The van der Waals surface area contributed by atoms with Crippen LogP contribution in [0, 0.1) is 0 Å². The highest BCUT2D eigenvalue weighted by Gasteiger charge is 2.27. The predicted octanol–water partition coefficient (Wildman–Crippen LogP) is 17.1. The molecule has 0 amide bonds. The smallest absolute Gasteiger partial charge is 0.462 e. The number of carbonyl (C=O) groups is 2. The number of phosphoric ester groups is 1. The molecule has 0 bridgehead atoms. The summed E-state index contributed by atoms with van der Waals surface area (Å²) in [6.07, 6.45) is 62.8. The van der Waals surface area contributed by atoms with E-state index in [0.717, 1.165) is 64.2 Å². The van der Waals surface area contributed by atoms with Crippen LogP contribution in [0.15, 0.2) is 60.8 Å². The summed E-state index contributed by atoms with van der Waals surface area (Å²) in [6.45, 7) is 4.33. The van der Waals surface area contributed by atoms with Crippen LogP contribution in [-0.4, -0.2) is 74.9 Å². The first-order valence-corrected chi connectivity index (χ1v) is 29.5. The molecule has 9 nitrogen and oxygen atoms in total. The van der Waals surface area contributed by atoms with Crippen LogP contribution < -0.4 is 0 Å². The third-order valence-electron chi connectivity index (χ3n) is 12.0. The van der Waals surface area contributed by atoms with Crippen LogP contribution in [0.5, 0.6) is 0 Å². The monoisotopic (exact) mass is 977 g/mol. The number of carbonyl (C=O) groups excluding carboxylic acids is 2. The van der Waals surface area contributed by atoms with Gasteiger partial charge in [-0.3, -0.25) is 18.6 Å². The molecule has 0 aromatic rings. The van der Waals surface area contributed by atoms with Gasteiger partial charge in [0.15, 0.2) is 6.10 Å². The molecule has 2 atom stereocenters. The van der Waals surface area contributed by atoms with E-state index >= 15 is 0 Å². The molecule has 0 aromatic carbocycles. The fraction of sp³-hybridized carbons (Fsp3) is 0.793. The molecule has 0 rings (SSSR count). The Morgan fingerprint density at radius 1 is 0.471 bits per heavy atom. The maximum absolute atomic E-state index is 12.8. The number of nitrogens with zero attached hydrogens (tertiary/aromatic N) is 1. The summed E-state index contributed by atoms with van der Waals surface area (Å²) in [6, 6.07) is 0. The first-order valence-electron chi connectivity index (χ1n) is 28.0. The summed E-state index contributed by atoms with van der Waals surface area (Å²) in [7, 11) is 1.48. The molecule has 1 N–H and O–H groups in total. The van der Waals surface area contributed by atoms with Crippen molar-refractivity contribution in [2.45, 2.75) is 251 Å². The molecule has 0 aliphatic heterocycles. The molecule has 2 unspecified atom stereocenters. The van der Waals surface area contributed by atoms with Crippen molar-refractivity contribution in [1.82, 2.24) is 0 Å². The summed E-state index contributed by atoms with van der Waals surface area (Å²) in [5.74, 6) is -0.797. The fourth-order valence-corrected chi connectivity index (χ4v) is 8.45. The normalized spacial score (nSPS) is 13.8. The zero-order chi connectivity index (χ0) is 49.9. The Bertz CT molecular complexity index is 1340. The Hall–Kier alpha value is -2.29. The number of quaternary nitrogens is 1. The van der Waals surface area contributed by atoms with Crippen molar-refractivity contribution >= 4 is 19.8 Å². The average Bonchev–Trinajstić information content (AvgIpc) is 3.30. The highest BCUT2D eigenvalue weighted by atomic mass is 31.2.